The van der Waals surface area contributed by atoms with Crippen LogP contribution < -0.4 is 10.2 Å². The maximum atomic E-state index is 14.3. The number of rotatable bonds is 4. The van der Waals surface area contributed by atoms with E-state index < -0.39 is 17.9 Å². The average molecular weight is 313 g/mol. The molecule has 2 amide bonds. The summed E-state index contributed by atoms with van der Waals surface area (Å²) in [5.74, 6) is -1.21. The summed E-state index contributed by atoms with van der Waals surface area (Å²) in [7, 11) is 0. The molecule has 21 heavy (non-hydrogen) atoms. The molecule has 4 nitrogen and oxygen atoms in total. The lowest BCUT2D eigenvalue weighted by Crippen LogP contribution is -2.63. The van der Waals surface area contributed by atoms with Gasteiger partial charge in [0.1, 0.15) is 12.1 Å². The van der Waals surface area contributed by atoms with E-state index in [-0.39, 0.29) is 22.5 Å². The van der Waals surface area contributed by atoms with Crippen molar-refractivity contribution in [3.63, 3.8) is 0 Å². The Hall–Kier alpha value is -1.62. The Bertz CT molecular complexity index is 565. The van der Waals surface area contributed by atoms with Crippen LogP contribution in [0.4, 0.5) is 10.1 Å². The van der Waals surface area contributed by atoms with Crippen molar-refractivity contribution < 1.29 is 14.0 Å². The van der Waals surface area contributed by atoms with E-state index in [1.54, 1.807) is 13.0 Å². The van der Waals surface area contributed by atoms with Gasteiger partial charge in [0.2, 0.25) is 11.8 Å². The molecule has 114 valence electrons. The molecule has 1 aromatic rings. The summed E-state index contributed by atoms with van der Waals surface area (Å²) in [6, 6.07) is 3.15. The van der Waals surface area contributed by atoms with Crippen LogP contribution in [0.25, 0.3) is 0 Å². The van der Waals surface area contributed by atoms with Crippen LogP contribution in [0.15, 0.2) is 18.2 Å². The van der Waals surface area contributed by atoms with E-state index in [9.17, 15) is 14.0 Å². The normalized spacial score (nSPS) is 22.4. The quantitative estimate of drug-likeness (QED) is 0.929. The molecule has 2 atom stereocenters. The molecule has 6 heteroatoms. The van der Waals surface area contributed by atoms with Crippen LogP contribution in [0.5, 0.6) is 0 Å². The number of halogens is 2. The summed E-state index contributed by atoms with van der Waals surface area (Å²) in [5.41, 5.74) is 0.0651. The van der Waals surface area contributed by atoms with Gasteiger partial charge in [-0.2, -0.15) is 0 Å². The van der Waals surface area contributed by atoms with Gasteiger partial charge < -0.3 is 5.32 Å². The van der Waals surface area contributed by atoms with Crippen molar-refractivity contribution in [3.8, 4) is 0 Å². The van der Waals surface area contributed by atoms with Gasteiger partial charge in [-0.15, -0.1) is 0 Å². The molecule has 2 unspecified atom stereocenters. The number of amides is 2. The van der Waals surface area contributed by atoms with Gasteiger partial charge in [0, 0.05) is 0 Å². The molecule has 0 aliphatic carbocycles. The Kier molecular flexibility index (Phi) is 4.83. The topological polar surface area (TPSA) is 49.4 Å². The highest BCUT2D eigenvalue weighted by molar-refractivity contribution is 6.31. The Labute approximate surface area is 128 Å². The highest BCUT2D eigenvalue weighted by Gasteiger charge is 2.41. The third-order valence-electron chi connectivity index (χ3n) is 3.62. The summed E-state index contributed by atoms with van der Waals surface area (Å²) in [5, 5.41) is 2.65. The highest BCUT2D eigenvalue weighted by atomic mass is 35.5. The molecule has 1 N–H and O–H groups in total. The van der Waals surface area contributed by atoms with E-state index in [4.69, 9.17) is 11.6 Å². The lowest BCUT2D eigenvalue weighted by molar-refractivity contribution is -0.134. The fourth-order valence-electron chi connectivity index (χ4n) is 2.59. The number of benzene rings is 1. The second kappa shape index (κ2) is 6.43. The molecule has 0 radical (unpaired) electrons. The maximum Gasteiger partial charge on any atom is 0.250 e. The van der Waals surface area contributed by atoms with Crippen molar-refractivity contribution in [3.05, 3.63) is 29.0 Å². The third kappa shape index (κ3) is 2.88. The zero-order valence-corrected chi connectivity index (χ0v) is 12.8. The Morgan fingerprint density at radius 2 is 2.05 bits per heavy atom. The summed E-state index contributed by atoms with van der Waals surface area (Å²) in [6.45, 7) is 3.71. The zero-order chi connectivity index (χ0) is 15.6. The first kappa shape index (κ1) is 15.8. The van der Waals surface area contributed by atoms with Gasteiger partial charge >= 0.3 is 0 Å². The van der Waals surface area contributed by atoms with Crippen LogP contribution in [0.1, 0.15) is 33.1 Å². The minimum Gasteiger partial charge on any atom is -0.342 e. The Balaban J connectivity index is 2.47. The molecule has 0 saturated carbocycles. The van der Waals surface area contributed by atoms with Crippen molar-refractivity contribution in [1.82, 2.24) is 5.32 Å². The summed E-state index contributed by atoms with van der Waals surface area (Å²) >= 11 is 5.79. The molecule has 1 fully saturated rings. The molecule has 1 heterocycles. The standard InChI is InChI=1S/C15H18ClFN2O2/c1-3-6-10-15(21)19(11(4-2)14(20)18-10)12-8-5-7-9(16)13(12)17/h5,7-8,10-11H,3-4,6H2,1-2H3,(H,18,20). The number of hydrogen-bond donors (Lipinski definition) is 1. The number of piperazine rings is 1. The molecule has 1 saturated heterocycles. The highest BCUT2D eigenvalue weighted by Crippen LogP contribution is 2.30. The van der Waals surface area contributed by atoms with Crippen molar-refractivity contribution >= 4 is 29.1 Å². The molecule has 0 bridgehead atoms. The molecule has 1 aliphatic rings. The molecular weight excluding hydrogens is 295 g/mol. The molecule has 1 aliphatic heterocycles. The zero-order valence-electron chi connectivity index (χ0n) is 12.0. The minimum absolute atomic E-state index is 0.0619. The second-order valence-corrected chi connectivity index (χ2v) is 5.46. The SMILES string of the molecule is CCCC1NC(=O)C(CC)N(c2cccc(Cl)c2F)C1=O. The first-order valence-electron chi connectivity index (χ1n) is 7.08. The van der Waals surface area contributed by atoms with E-state index >= 15 is 0 Å². The van der Waals surface area contributed by atoms with E-state index in [1.165, 1.54) is 17.0 Å². The molecule has 1 aromatic carbocycles. The predicted molar refractivity (Wildman–Crippen MR) is 79.8 cm³/mol. The van der Waals surface area contributed by atoms with Gasteiger partial charge in [-0.05, 0) is 25.0 Å². The average Bonchev–Trinajstić information content (AvgIpc) is 2.46. The fourth-order valence-corrected chi connectivity index (χ4v) is 2.76. The van der Waals surface area contributed by atoms with Gasteiger partial charge in [0.05, 0.1) is 10.7 Å². The maximum absolute atomic E-state index is 14.3. The largest absolute Gasteiger partial charge is 0.342 e. The van der Waals surface area contributed by atoms with Crippen LogP contribution in [-0.4, -0.2) is 23.9 Å². The summed E-state index contributed by atoms with van der Waals surface area (Å²) in [4.78, 5) is 26.0. The van der Waals surface area contributed by atoms with Crippen LogP contribution in [0.3, 0.4) is 0 Å². The second-order valence-electron chi connectivity index (χ2n) is 5.06. The van der Waals surface area contributed by atoms with Gasteiger partial charge in [-0.25, -0.2) is 4.39 Å². The molecule has 2 rings (SSSR count). The number of carbonyl (C=O) groups excluding carboxylic acids is 2. The van der Waals surface area contributed by atoms with E-state index in [2.05, 4.69) is 5.32 Å². The van der Waals surface area contributed by atoms with Crippen LogP contribution >= 0.6 is 11.6 Å². The fraction of sp³-hybridized carbons (Fsp3) is 0.467. The number of carbonyl (C=O) groups is 2. The van der Waals surface area contributed by atoms with Crippen LogP contribution in [0, 0.1) is 5.82 Å². The Morgan fingerprint density at radius 1 is 1.33 bits per heavy atom. The molecular formula is C15H18ClFN2O2. The number of nitrogens with one attached hydrogen (secondary N) is 1. The molecule has 0 spiro atoms. The predicted octanol–water partition coefficient (Wildman–Crippen LogP) is 2.89. The first-order valence-corrected chi connectivity index (χ1v) is 7.46. The minimum atomic E-state index is -0.710. The first-order chi connectivity index (χ1) is 10.0. The lowest BCUT2D eigenvalue weighted by Gasteiger charge is -2.38. The number of nitrogens with zero attached hydrogens (tertiary/aromatic N) is 1. The number of hydrogen-bond acceptors (Lipinski definition) is 2. The third-order valence-corrected chi connectivity index (χ3v) is 3.91. The van der Waals surface area contributed by atoms with Crippen LogP contribution in [0.2, 0.25) is 5.02 Å². The van der Waals surface area contributed by atoms with Crippen molar-refractivity contribution in [1.29, 1.82) is 0 Å². The summed E-state index contributed by atoms with van der Waals surface area (Å²) in [6.07, 6.45) is 1.68. The van der Waals surface area contributed by atoms with Crippen molar-refractivity contribution in [2.24, 2.45) is 0 Å². The van der Waals surface area contributed by atoms with E-state index in [1.807, 2.05) is 6.92 Å². The lowest BCUT2D eigenvalue weighted by atomic mass is 10.0. The van der Waals surface area contributed by atoms with E-state index in [0.717, 1.165) is 6.42 Å². The number of anilines is 1. The van der Waals surface area contributed by atoms with Crippen molar-refractivity contribution in [2.75, 3.05) is 4.90 Å². The Morgan fingerprint density at radius 3 is 2.67 bits per heavy atom. The van der Waals surface area contributed by atoms with Crippen LogP contribution in [-0.2, 0) is 9.59 Å². The van der Waals surface area contributed by atoms with Crippen molar-refractivity contribution in [2.45, 2.75) is 45.2 Å². The molecule has 0 aromatic heterocycles. The van der Waals surface area contributed by atoms with E-state index in [0.29, 0.717) is 12.8 Å². The monoisotopic (exact) mass is 312 g/mol. The van der Waals surface area contributed by atoms with Gasteiger partial charge in [0.15, 0.2) is 5.82 Å². The summed E-state index contributed by atoms with van der Waals surface area (Å²) < 4.78 is 14.3. The van der Waals surface area contributed by atoms with Gasteiger partial charge in [-0.3, -0.25) is 14.5 Å². The smallest absolute Gasteiger partial charge is 0.250 e. The van der Waals surface area contributed by atoms with Gasteiger partial charge in [0.25, 0.3) is 0 Å². The van der Waals surface area contributed by atoms with Gasteiger partial charge in [-0.1, -0.05) is 37.9 Å².